The molecule has 2 aliphatic heterocycles. The van der Waals surface area contributed by atoms with Crippen LogP contribution in [0.25, 0.3) is 0 Å². The fourth-order valence-corrected chi connectivity index (χ4v) is 3.90. The minimum absolute atomic E-state index is 0.0545. The molecule has 6 heteroatoms. The van der Waals surface area contributed by atoms with Gasteiger partial charge in [-0.1, -0.05) is 6.07 Å². The molecule has 2 aromatic rings. The monoisotopic (exact) mass is 367 g/mol. The number of likely N-dealkylation sites (tertiary alicyclic amines) is 1. The number of aryl methyl sites for hydroxylation is 1. The van der Waals surface area contributed by atoms with Crippen LogP contribution in [0.2, 0.25) is 0 Å². The number of nitrogens with one attached hydrogen (secondary N) is 1. The molecule has 1 N–H and O–H groups in total. The molecular weight excluding hydrogens is 342 g/mol. The van der Waals surface area contributed by atoms with E-state index in [4.69, 9.17) is 4.42 Å². The van der Waals surface area contributed by atoms with E-state index in [1.807, 2.05) is 36.1 Å². The normalized spacial score (nSPS) is 16.8. The van der Waals surface area contributed by atoms with Crippen LogP contribution in [-0.2, 0) is 13.0 Å². The maximum atomic E-state index is 12.8. The summed E-state index contributed by atoms with van der Waals surface area (Å²) < 4.78 is 5.49. The summed E-state index contributed by atoms with van der Waals surface area (Å²) in [5.74, 6) is 1.03. The highest BCUT2D eigenvalue weighted by atomic mass is 16.3. The number of rotatable bonds is 2. The second-order valence-corrected chi connectivity index (χ2v) is 7.30. The number of benzene rings is 1. The van der Waals surface area contributed by atoms with Gasteiger partial charge in [0.1, 0.15) is 5.76 Å². The lowest BCUT2D eigenvalue weighted by Crippen LogP contribution is -2.35. The molecule has 1 saturated heterocycles. The third kappa shape index (κ3) is 3.56. The highest BCUT2D eigenvalue weighted by Crippen LogP contribution is 2.24. The molecule has 2 aliphatic rings. The van der Waals surface area contributed by atoms with Crippen LogP contribution in [0.4, 0.5) is 10.5 Å². The van der Waals surface area contributed by atoms with E-state index in [0.717, 1.165) is 55.7 Å². The first kappa shape index (κ1) is 17.6. The molecule has 0 aliphatic carbocycles. The first-order chi connectivity index (χ1) is 13.1. The van der Waals surface area contributed by atoms with E-state index in [-0.39, 0.29) is 11.9 Å². The fourth-order valence-electron chi connectivity index (χ4n) is 3.90. The third-order valence-electron chi connectivity index (χ3n) is 5.52. The topological polar surface area (TPSA) is 65.8 Å². The minimum atomic E-state index is -0.141. The molecule has 0 saturated carbocycles. The van der Waals surface area contributed by atoms with Gasteiger partial charge >= 0.3 is 6.03 Å². The van der Waals surface area contributed by atoms with Gasteiger partial charge in [0.05, 0.1) is 12.8 Å². The Morgan fingerprint density at radius 1 is 1.04 bits per heavy atom. The number of furan rings is 1. The van der Waals surface area contributed by atoms with Crippen molar-refractivity contribution >= 4 is 17.6 Å². The maximum absolute atomic E-state index is 12.8. The average Bonchev–Trinajstić information content (AvgIpc) is 3.31. The second kappa shape index (κ2) is 7.47. The zero-order valence-electron chi connectivity index (χ0n) is 15.7. The third-order valence-corrected chi connectivity index (χ3v) is 5.52. The summed E-state index contributed by atoms with van der Waals surface area (Å²) in [5, 5.41) is 3.00. The Bertz CT molecular complexity index is 852. The Morgan fingerprint density at radius 3 is 2.63 bits per heavy atom. The van der Waals surface area contributed by atoms with Crippen molar-refractivity contribution < 1.29 is 14.0 Å². The molecule has 1 aromatic heterocycles. The predicted octanol–water partition coefficient (Wildman–Crippen LogP) is 3.80. The van der Waals surface area contributed by atoms with E-state index in [0.29, 0.717) is 24.3 Å². The number of nitrogens with zero attached hydrogens (tertiary/aromatic N) is 2. The van der Waals surface area contributed by atoms with Gasteiger partial charge in [-0.25, -0.2) is 4.79 Å². The summed E-state index contributed by atoms with van der Waals surface area (Å²) in [6.45, 7) is 4.76. The smallest absolute Gasteiger partial charge is 0.322 e. The fraction of sp³-hybridized carbons (Fsp3) is 0.429. The molecule has 0 spiro atoms. The lowest BCUT2D eigenvalue weighted by Gasteiger charge is -2.22. The maximum Gasteiger partial charge on any atom is 0.322 e. The van der Waals surface area contributed by atoms with Crippen LogP contribution >= 0.6 is 0 Å². The van der Waals surface area contributed by atoms with Crippen molar-refractivity contribution in [3.63, 3.8) is 0 Å². The Balaban J connectivity index is 1.50. The summed E-state index contributed by atoms with van der Waals surface area (Å²) in [5.41, 5.74) is 3.25. The van der Waals surface area contributed by atoms with Crippen LogP contribution in [0, 0.1) is 6.92 Å². The first-order valence-corrected chi connectivity index (χ1v) is 9.63. The van der Waals surface area contributed by atoms with E-state index in [2.05, 4.69) is 5.32 Å². The van der Waals surface area contributed by atoms with Crippen molar-refractivity contribution in [2.24, 2.45) is 0 Å². The molecule has 0 radical (unpaired) electrons. The van der Waals surface area contributed by atoms with Gasteiger partial charge in [-0.15, -0.1) is 0 Å². The Labute approximate surface area is 159 Å². The average molecular weight is 367 g/mol. The Kier molecular flexibility index (Phi) is 4.88. The predicted molar refractivity (Wildman–Crippen MR) is 103 cm³/mol. The van der Waals surface area contributed by atoms with Gasteiger partial charge in [-0.05, 0) is 49.9 Å². The highest BCUT2D eigenvalue weighted by molar-refractivity contribution is 5.99. The molecule has 6 nitrogen and oxygen atoms in total. The second-order valence-electron chi connectivity index (χ2n) is 7.30. The van der Waals surface area contributed by atoms with Gasteiger partial charge in [0.25, 0.3) is 5.91 Å². The van der Waals surface area contributed by atoms with Crippen molar-refractivity contribution in [3.05, 3.63) is 53.0 Å². The van der Waals surface area contributed by atoms with Crippen LogP contribution in [0.15, 0.2) is 34.9 Å². The molecular formula is C21H25N3O3. The molecule has 4 rings (SSSR count). The molecule has 1 aromatic carbocycles. The van der Waals surface area contributed by atoms with Crippen molar-refractivity contribution in [1.82, 2.24) is 9.80 Å². The van der Waals surface area contributed by atoms with Gasteiger partial charge in [0.2, 0.25) is 0 Å². The van der Waals surface area contributed by atoms with Gasteiger partial charge in [-0.3, -0.25) is 4.79 Å². The lowest BCUT2D eigenvalue weighted by molar-refractivity contribution is 0.0792. The number of urea groups is 1. The largest absolute Gasteiger partial charge is 0.469 e. The van der Waals surface area contributed by atoms with Crippen LogP contribution < -0.4 is 5.32 Å². The minimum Gasteiger partial charge on any atom is -0.469 e. The van der Waals surface area contributed by atoms with Gasteiger partial charge in [0, 0.05) is 42.9 Å². The number of anilines is 1. The molecule has 1 fully saturated rings. The standard InChI is InChI=1S/C21H25N3O3/c1-15-17(20(25)23-10-2-3-11-23)6-4-7-18(15)22-21(26)24-12-5-8-19-16(14-24)9-13-27-19/h4,6-7,9,13H,2-3,5,8,10-12,14H2,1H3,(H,22,26). The number of hydrogen-bond donors (Lipinski definition) is 1. The molecule has 0 atom stereocenters. The van der Waals surface area contributed by atoms with E-state index < -0.39 is 0 Å². The van der Waals surface area contributed by atoms with Crippen molar-refractivity contribution in [3.8, 4) is 0 Å². The number of amides is 3. The summed E-state index contributed by atoms with van der Waals surface area (Å²) in [6, 6.07) is 7.33. The van der Waals surface area contributed by atoms with Crippen LogP contribution in [0.3, 0.4) is 0 Å². The van der Waals surface area contributed by atoms with Crippen LogP contribution in [-0.4, -0.2) is 41.4 Å². The summed E-state index contributed by atoms with van der Waals surface area (Å²) in [4.78, 5) is 29.3. The Hall–Kier alpha value is -2.76. The summed E-state index contributed by atoms with van der Waals surface area (Å²) >= 11 is 0. The zero-order chi connectivity index (χ0) is 18.8. The summed E-state index contributed by atoms with van der Waals surface area (Å²) in [6.07, 6.45) is 5.54. The number of hydrogen-bond acceptors (Lipinski definition) is 3. The molecule has 0 unspecified atom stereocenters. The van der Waals surface area contributed by atoms with Crippen LogP contribution in [0.1, 0.15) is 46.5 Å². The van der Waals surface area contributed by atoms with Gasteiger partial charge in [0.15, 0.2) is 0 Å². The molecule has 3 amide bonds. The first-order valence-electron chi connectivity index (χ1n) is 9.63. The highest BCUT2D eigenvalue weighted by Gasteiger charge is 2.24. The number of fused-ring (bicyclic) bond motifs is 1. The zero-order valence-corrected chi connectivity index (χ0v) is 15.7. The Morgan fingerprint density at radius 2 is 1.81 bits per heavy atom. The van der Waals surface area contributed by atoms with Crippen molar-refractivity contribution in [2.75, 3.05) is 25.0 Å². The molecule has 142 valence electrons. The van der Waals surface area contributed by atoms with Crippen molar-refractivity contribution in [1.29, 1.82) is 0 Å². The molecule has 0 bridgehead atoms. The quantitative estimate of drug-likeness (QED) is 0.878. The van der Waals surface area contributed by atoms with E-state index >= 15 is 0 Å². The van der Waals surface area contributed by atoms with E-state index in [1.165, 1.54) is 0 Å². The molecule has 27 heavy (non-hydrogen) atoms. The lowest BCUT2D eigenvalue weighted by atomic mass is 10.1. The van der Waals surface area contributed by atoms with Gasteiger partial charge in [-0.2, -0.15) is 0 Å². The molecule has 3 heterocycles. The van der Waals surface area contributed by atoms with E-state index in [9.17, 15) is 9.59 Å². The van der Waals surface area contributed by atoms with Crippen molar-refractivity contribution in [2.45, 2.75) is 39.2 Å². The van der Waals surface area contributed by atoms with E-state index in [1.54, 1.807) is 11.2 Å². The SMILES string of the molecule is Cc1c(NC(=O)N2CCCc3occc3C2)cccc1C(=O)N1CCCC1. The van der Waals surface area contributed by atoms with Crippen LogP contribution in [0.5, 0.6) is 0 Å². The number of carbonyl (C=O) groups is 2. The summed E-state index contributed by atoms with van der Waals surface area (Å²) in [7, 11) is 0. The van der Waals surface area contributed by atoms with Gasteiger partial charge < -0.3 is 19.5 Å². The number of carbonyl (C=O) groups excluding carboxylic acids is 2.